The molecule has 0 bridgehead atoms. The average Bonchev–Trinajstić information content (AvgIpc) is 2.65. The third-order valence-corrected chi connectivity index (χ3v) is 4.89. The first-order chi connectivity index (χ1) is 13.0. The van der Waals surface area contributed by atoms with Crippen molar-refractivity contribution in [2.45, 2.75) is 19.4 Å². The van der Waals surface area contributed by atoms with Gasteiger partial charge in [-0.3, -0.25) is 4.79 Å². The second kappa shape index (κ2) is 6.78. The van der Waals surface area contributed by atoms with Crippen molar-refractivity contribution in [3.63, 3.8) is 0 Å². The Balaban J connectivity index is 1.57. The minimum absolute atomic E-state index is 0.112. The minimum Gasteiger partial charge on any atom is -0.491 e. The summed E-state index contributed by atoms with van der Waals surface area (Å²) in [7, 11) is 0. The van der Waals surface area contributed by atoms with Crippen LogP contribution in [0.4, 0.5) is 5.69 Å². The van der Waals surface area contributed by atoms with Crippen LogP contribution in [0.1, 0.15) is 13.8 Å². The van der Waals surface area contributed by atoms with Crippen molar-refractivity contribution >= 4 is 34.0 Å². The van der Waals surface area contributed by atoms with Gasteiger partial charge in [0.25, 0.3) is 5.91 Å². The van der Waals surface area contributed by atoms with E-state index in [1.807, 2.05) is 30.3 Å². The van der Waals surface area contributed by atoms with E-state index in [1.165, 1.54) is 0 Å². The number of halogens is 1. The summed E-state index contributed by atoms with van der Waals surface area (Å²) in [5, 5.41) is 2.73. The molecule has 4 nitrogen and oxygen atoms in total. The first-order valence-corrected chi connectivity index (χ1v) is 9.24. The molecule has 0 atom stereocenters. The Labute approximate surface area is 163 Å². The molecule has 3 aromatic rings. The highest BCUT2D eigenvalue weighted by Gasteiger charge is 2.40. The topological polar surface area (TPSA) is 38.8 Å². The maximum Gasteiger partial charge on any atom is 0.270 e. The van der Waals surface area contributed by atoms with Gasteiger partial charge < -0.3 is 14.4 Å². The number of carbonyl (C=O) groups excluding carboxylic acids is 1. The number of fused-ring (bicyclic) bond motifs is 2. The molecule has 0 fully saturated rings. The summed E-state index contributed by atoms with van der Waals surface area (Å²) in [6.45, 7) is 4.31. The molecule has 1 amide bonds. The number of ether oxygens (including phenoxy) is 2. The highest BCUT2D eigenvalue weighted by molar-refractivity contribution is 6.31. The van der Waals surface area contributed by atoms with Crippen LogP contribution < -0.4 is 14.4 Å². The van der Waals surface area contributed by atoms with E-state index in [1.54, 1.807) is 36.9 Å². The lowest BCUT2D eigenvalue weighted by molar-refractivity contribution is -0.132. The Morgan fingerprint density at radius 1 is 1.07 bits per heavy atom. The van der Waals surface area contributed by atoms with Gasteiger partial charge in [-0.15, -0.1) is 0 Å². The number of carbonyl (C=O) groups is 1. The van der Waals surface area contributed by atoms with Crippen molar-refractivity contribution in [2.24, 2.45) is 0 Å². The fraction of sp³-hybridized carbons (Fsp3) is 0.227. The highest BCUT2D eigenvalue weighted by Crippen LogP contribution is 2.39. The van der Waals surface area contributed by atoms with Gasteiger partial charge in [0.05, 0.1) is 12.2 Å². The molecule has 27 heavy (non-hydrogen) atoms. The van der Waals surface area contributed by atoms with Crippen molar-refractivity contribution in [1.29, 1.82) is 0 Å². The van der Waals surface area contributed by atoms with Crippen LogP contribution in [-0.4, -0.2) is 24.7 Å². The van der Waals surface area contributed by atoms with E-state index in [0.717, 1.165) is 16.5 Å². The lowest BCUT2D eigenvalue weighted by atomic mass is 10.0. The lowest BCUT2D eigenvalue weighted by Crippen LogP contribution is -2.53. The summed E-state index contributed by atoms with van der Waals surface area (Å²) in [5.41, 5.74) is -0.256. The predicted molar refractivity (Wildman–Crippen MR) is 108 cm³/mol. The Morgan fingerprint density at radius 2 is 1.85 bits per heavy atom. The zero-order chi connectivity index (χ0) is 19.0. The Hall–Kier alpha value is -2.72. The van der Waals surface area contributed by atoms with Crippen LogP contribution in [0.2, 0.25) is 5.02 Å². The second-order valence-corrected chi connectivity index (χ2v) is 7.44. The van der Waals surface area contributed by atoms with Crippen LogP contribution in [0.25, 0.3) is 10.8 Å². The number of anilines is 1. The second-order valence-electron chi connectivity index (χ2n) is 7.01. The van der Waals surface area contributed by atoms with Crippen LogP contribution in [-0.2, 0) is 4.79 Å². The lowest BCUT2D eigenvalue weighted by Gasteiger charge is -2.38. The number of amides is 1. The first-order valence-electron chi connectivity index (χ1n) is 8.87. The van der Waals surface area contributed by atoms with E-state index >= 15 is 0 Å². The van der Waals surface area contributed by atoms with E-state index in [-0.39, 0.29) is 5.91 Å². The molecule has 0 N–H and O–H groups in total. The van der Waals surface area contributed by atoms with Gasteiger partial charge in [-0.1, -0.05) is 48.0 Å². The maximum absolute atomic E-state index is 12.9. The molecule has 4 rings (SSSR count). The Kier molecular flexibility index (Phi) is 4.44. The van der Waals surface area contributed by atoms with Gasteiger partial charge in [-0.25, -0.2) is 0 Å². The molecule has 0 saturated carbocycles. The van der Waals surface area contributed by atoms with Crippen LogP contribution in [0.3, 0.4) is 0 Å². The van der Waals surface area contributed by atoms with Gasteiger partial charge >= 0.3 is 0 Å². The van der Waals surface area contributed by atoms with Gasteiger partial charge in [0.15, 0.2) is 5.60 Å². The van der Waals surface area contributed by atoms with Crippen molar-refractivity contribution in [3.05, 3.63) is 65.7 Å². The summed E-state index contributed by atoms with van der Waals surface area (Å²) in [5.74, 6) is 1.34. The zero-order valence-corrected chi connectivity index (χ0v) is 16.0. The van der Waals surface area contributed by atoms with Crippen LogP contribution >= 0.6 is 11.6 Å². The van der Waals surface area contributed by atoms with Crippen LogP contribution in [0.15, 0.2) is 60.7 Å². The fourth-order valence-corrected chi connectivity index (χ4v) is 3.50. The molecule has 3 aromatic carbocycles. The van der Waals surface area contributed by atoms with E-state index < -0.39 is 5.60 Å². The smallest absolute Gasteiger partial charge is 0.270 e. The van der Waals surface area contributed by atoms with Crippen molar-refractivity contribution in [1.82, 2.24) is 0 Å². The van der Waals surface area contributed by atoms with Crippen LogP contribution in [0, 0.1) is 0 Å². The number of benzene rings is 3. The minimum atomic E-state index is -0.930. The largest absolute Gasteiger partial charge is 0.491 e. The predicted octanol–water partition coefficient (Wildman–Crippen LogP) is 5.08. The quantitative estimate of drug-likeness (QED) is 0.632. The molecule has 0 spiro atoms. The molecule has 0 aromatic heterocycles. The van der Waals surface area contributed by atoms with Gasteiger partial charge in [-0.2, -0.15) is 0 Å². The van der Waals surface area contributed by atoms with Gasteiger partial charge in [-0.05, 0) is 43.5 Å². The van der Waals surface area contributed by atoms with Crippen molar-refractivity contribution in [2.75, 3.05) is 18.1 Å². The summed E-state index contributed by atoms with van der Waals surface area (Å²) in [4.78, 5) is 14.6. The van der Waals surface area contributed by atoms with Crippen LogP contribution in [0.5, 0.6) is 11.5 Å². The summed E-state index contributed by atoms with van der Waals surface area (Å²) >= 11 is 6.13. The number of hydrogen-bond acceptors (Lipinski definition) is 3. The normalized spacial score (nSPS) is 15.4. The molecule has 1 heterocycles. The molecule has 0 saturated heterocycles. The first kappa shape index (κ1) is 17.7. The molecule has 5 heteroatoms. The molecule has 0 unspecified atom stereocenters. The van der Waals surface area contributed by atoms with E-state index in [0.29, 0.717) is 29.6 Å². The summed E-state index contributed by atoms with van der Waals surface area (Å²) in [6.07, 6.45) is 0. The number of nitrogens with zero attached hydrogens (tertiary/aromatic N) is 1. The monoisotopic (exact) mass is 381 g/mol. The van der Waals surface area contributed by atoms with Crippen molar-refractivity contribution in [3.8, 4) is 11.5 Å². The van der Waals surface area contributed by atoms with E-state index in [2.05, 4.69) is 12.1 Å². The van der Waals surface area contributed by atoms with Crippen molar-refractivity contribution < 1.29 is 14.3 Å². The third kappa shape index (κ3) is 3.33. The summed E-state index contributed by atoms with van der Waals surface area (Å²) < 4.78 is 11.9. The Morgan fingerprint density at radius 3 is 2.70 bits per heavy atom. The zero-order valence-electron chi connectivity index (χ0n) is 15.2. The SMILES string of the molecule is CC1(C)Oc2ccc(Cl)cc2N(CCOc2cccc3ccccc23)C1=O. The molecule has 0 aliphatic carbocycles. The van der Waals surface area contributed by atoms with E-state index in [4.69, 9.17) is 21.1 Å². The number of hydrogen-bond donors (Lipinski definition) is 0. The molecule has 1 aliphatic rings. The molecule has 1 aliphatic heterocycles. The molecule has 138 valence electrons. The summed E-state index contributed by atoms with van der Waals surface area (Å²) in [6, 6.07) is 19.3. The molecule has 0 radical (unpaired) electrons. The van der Waals surface area contributed by atoms with E-state index in [9.17, 15) is 4.79 Å². The van der Waals surface area contributed by atoms with Gasteiger partial charge in [0.2, 0.25) is 0 Å². The molecular weight excluding hydrogens is 362 g/mol. The standard InChI is InChI=1S/C22H20ClNO3/c1-22(2)21(25)24(18-14-16(23)10-11-20(18)27-22)12-13-26-19-9-5-7-15-6-3-4-8-17(15)19/h3-11,14H,12-13H2,1-2H3. The maximum atomic E-state index is 12.9. The fourth-order valence-electron chi connectivity index (χ4n) is 3.33. The van der Waals surface area contributed by atoms with Gasteiger partial charge in [0, 0.05) is 10.4 Å². The number of rotatable bonds is 4. The molecular formula is C22H20ClNO3. The highest BCUT2D eigenvalue weighted by atomic mass is 35.5. The Bertz CT molecular complexity index is 1010. The van der Waals surface area contributed by atoms with Gasteiger partial charge in [0.1, 0.15) is 18.1 Å². The average molecular weight is 382 g/mol. The third-order valence-electron chi connectivity index (χ3n) is 4.66.